The van der Waals surface area contributed by atoms with Crippen molar-refractivity contribution in [3.05, 3.63) is 59.7 Å². The van der Waals surface area contributed by atoms with E-state index in [0.717, 1.165) is 21.2 Å². The lowest BCUT2D eigenvalue weighted by atomic mass is 10.1. The third kappa shape index (κ3) is 2.84. The van der Waals surface area contributed by atoms with Crippen molar-refractivity contribution >= 4 is 39.3 Å². The van der Waals surface area contributed by atoms with Gasteiger partial charge < -0.3 is 5.11 Å². The first-order valence-corrected chi connectivity index (χ1v) is 7.83. The average molecular weight is 301 g/mol. The largest absolute Gasteiger partial charge is 0.478 e. The van der Waals surface area contributed by atoms with E-state index in [1.807, 2.05) is 30.3 Å². The number of carboxylic acids is 1. The number of hydrogen-bond acceptors (Lipinski definition) is 4. The Morgan fingerprint density at radius 2 is 1.90 bits per heavy atom. The van der Waals surface area contributed by atoms with Crippen molar-refractivity contribution in [1.29, 1.82) is 0 Å². The van der Waals surface area contributed by atoms with Gasteiger partial charge in [-0.15, -0.1) is 11.3 Å². The maximum Gasteiger partial charge on any atom is 0.335 e. The summed E-state index contributed by atoms with van der Waals surface area (Å²) in [5.41, 5.74) is 2.44. The Balaban J connectivity index is 1.71. The summed E-state index contributed by atoms with van der Waals surface area (Å²) in [5.74, 6) is -0.102. The van der Waals surface area contributed by atoms with Gasteiger partial charge in [-0.3, -0.25) is 0 Å². The summed E-state index contributed by atoms with van der Waals surface area (Å²) >= 11 is 3.36. The van der Waals surface area contributed by atoms with E-state index in [0.29, 0.717) is 5.56 Å². The number of fused-ring (bicyclic) bond motifs is 1. The third-order valence-corrected chi connectivity index (χ3v) is 5.09. The van der Waals surface area contributed by atoms with Gasteiger partial charge in [0.1, 0.15) is 0 Å². The van der Waals surface area contributed by atoms with Crippen molar-refractivity contribution < 1.29 is 9.90 Å². The maximum absolute atomic E-state index is 10.8. The second-order valence-corrected chi connectivity index (χ2v) is 6.49. The molecule has 0 saturated heterocycles. The van der Waals surface area contributed by atoms with Crippen molar-refractivity contribution in [2.24, 2.45) is 0 Å². The zero-order chi connectivity index (χ0) is 13.9. The minimum absolute atomic E-state index is 0.318. The molecular weight excluding hydrogens is 290 g/mol. The highest BCUT2D eigenvalue weighted by Gasteiger charge is 2.05. The molecule has 0 unspecified atom stereocenters. The molecule has 0 aliphatic rings. The summed E-state index contributed by atoms with van der Waals surface area (Å²) in [6.07, 6.45) is 0. The molecule has 2 aromatic carbocycles. The zero-order valence-corrected chi connectivity index (χ0v) is 12.1. The van der Waals surface area contributed by atoms with E-state index in [4.69, 9.17) is 5.11 Å². The average Bonchev–Trinajstić information content (AvgIpc) is 2.88. The van der Waals surface area contributed by atoms with Gasteiger partial charge in [-0.25, -0.2) is 9.78 Å². The highest BCUT2D eigenvalue weighted by atomic mass is 32.2. The van der Waals surface area contributed by atoms with Crippen LogP contribution in [0.5, 0.6) is 0 Å². The van der Waals surface area contributed by atoms with E-state index in [9.17, 15) is 4.79 Å². The number of rotatable bonds is 4. The van der Waals surface area contributed by atoms with E-state index < -0.39 is 5.97 Å². The van der Waals surface area contributed by atoms with Gasteiger partial charge in [0.25, 0.3) is 0 Å². The third-order valence-electron chi connectivity index (χ3n) is 2.84. The van der Waals surface area contributed by atoms with Gasteiger partial charge >= 0.3 is 5.97 Å². The number of nitrogens with zero attached hydrogens (tertiary/aromatic N) is 1. The number of thioether (sulfide) groups is 1. The van der Waals surface area contributed by atoms with E-state index in [1.54, 1.807) is 35.2 Å². The molecule has 3 rings (SSSR count). The van der Waals surface area contributed by atoms with Crippen LogP contribution >= 0.6 is 23.1 Å². The van der Waals surface area contributed by atoms with E-state index in [1.165, 1.54) is 4.70 Å². The number of carboxylic acid groups (broad SMARTS) is 1. The van der Waals surface area contributed by atoms with E-state index >= 15 is 0 Å². The van der Waals surface area contributed by atoms with Crippen LogP contribution in [0.1, 0.15) is 15.9 Å². The Bertz CT molecular complexity index is 717. The topological polar surface area (TPSA) is 50.2 Å². The smallest absolute Gasteiger partial charge is 0.335 e. The van der Waals surface area contributed by atoms with E-state index in [-0.39, 0.29) is 0 Å². The molecule has 100 valence electrons. The lowest BCUT2D eigenvalue weighted by Gasteiger charge is -1.99. The van der Waals surface area contributed by atoms with Crippen LogP contribution in [-0.4, -0.2) is 16.1 Å². The number of hydrogen-bond donors (Lipinski definition) is 1. The quantitative estimate of drug-likeness (QED) is 0.730. The molecule has 1 aromatic heterocycles. The fourth-order valence-corrected chi connectivity index (χ4v) is 3.83. The highest BCUT2D eigenvalue weighted by molar-refractivity contribution is 8.00. The normalized spacial score (nSPS) is 10.8. The predicted molar refractivity (Wildman–Crippen MR) is 82.6 cm³/mol. The van der Waals surface area contributed by atoms with Crippen LogP contribution in [0.4, 0.5) is 0 Å². The Morgan fingerprint density at radius 1 is 1.15 bits per heavy atom. The molecule has 3 nitrogen and oxygen atoms in total. The molecule has 0 radical (unpaired) electrons. The standard InChI is InChI=1S/C15H11NO2S2/c17-14(18)11-7-5-10(6-8-11)9-19-15-16-12-3-1-2-4-13(12)20-15/h1-8H,9H2,(H,17,18). The fraction of sp³-hybridized carbons (Fsp3) is 0.0667. The lowest BCUT2D eigenvalue weighted by Crippen LogP contribution is -1.95. The first-order chi connectivity index (χ1) is 9.72. The highest BCUT2D eigenvalue weighted by Crippen LogP contribution is 2.31. The summed E-state index contributed by atoms with van der Waals surface area (Å²) in [4.78, 5) is 15.3. The monoisotopic (exact) mass is 301 g/mol. The second-order valence-electron chi connectivity index (χ2n) is 4.24. The predicted octanol–water partition coefficient (Wildman–Crippen LogP) is 4.29. The molecule has 0 aliphatic heterocycles. The second kappa shape index (κ2) is 5.64. The molecular formula is C15H11NO2S2. The summed E-state index contributed by atoms with van der Waals surface area (Å²) in [7, 11) is 0. The molecule has 0 fully saturated rings. The SMILES string of the molecule is O=C(O)c1ccc(CSc2nc3ccccc3s2)cc1. The van der Waals surface area contributed by atoms with Gasteiger partial charge in [-0.05, 0) is 29.8 Å². The zero-order valence-electron chi connectivity index (χ0n) is 10.4. The molecule has 5 heteroatoms. The van der Waals surface area contributed by atoms with Crippen molar-refractivity contribution in [2.45, 2.75) is 10.1 Å². The van der Waals surface area contributed by atoms with Crippen molar-refractivity contribution in [3.63, 3.8) is 0 Å². The van der Waals surface area contributed by atoms with Crippen molar-refractivity contribution in [1.82, 2.24) is 4.98 Å². The van der Waals surface area contributed by atoms with Crippen LogP contribution < -0.4 is 0 Å². The minimum atomic E-state index is -0.893. The van der Waals surface area contributed by atoms with Crippen LogP contribution in [0.2, 0.25) is 0 Å². The number of carbonyl (C=O) groups is 1. The Labute approximate surface area is 124 Å². The molecule has 0 atom stereocenters. The first-order valence-electron chi connectivity index (χ1n) is 6.03. The van der Waals surface area contributed by atoms with Gasteiger partial charge in [-0.1, -0.05) is 36.0 Å². The minimum Gasteiger partial charge on any atom is -0.478 e. The molecule has 20 heavy (non-hydrogen) atoms. The maximum atomic E-state index is 10.8. The number of para-hydroxylation sites is 1. The Kier molecular flexibility index (Phi) is 3.71. The molecule has 0 bridgehead atoms. The van der Waals surface area contributed by atoms with Gasteiger partial charge in [0.2, 0.25) is 0 Å². The first kappa shape index (κ1) is 13.1. The Morgan fingerprint density at radius 3 is 2.60 bits per heavy atom. The molecule has 0 amide bonds. The van der Waals surface area contributed by atoms with Crippen LogP contribution in [-0.2, 0) is 5.75 Å². The van der Waals surface area contributed by atoms with Crippen LogP contribution in [0.15, 0.2) is 52.9 Å². The number of benzene rings is 2. The van der Waals surface area contributed by atoms with Crippen molar-refractivity contribution in [3.8, 4) is 0 Å². The van der Waals surface area contributed by atoms with Gasteiger partial charge in [0.15, 0.2) is 4.34 Å². The summed E-state index contributed by atoms with van der Waals surface area (Å²) in [5, 5.41) is 8.85. The van der Waals surface area contributed by atoms with Crippen LogP contribution in [0.25, 0.3) is 10.2 Å². The summed E-state index contributed by atoms with van der Waals surface area (Å²) < 4.78 is 2.23. The molecule has 0 saturated carbocycles. The molecule has 3 aromatic rings. The van der Waals surface area contributed by atoms with Crippen LogP contribution in [0, 0.1) is 0 Å². The molecule has 1 heterocycles. The van der Waals surface area contributed by atoms with Crippen molar-refractivity contribution in [2.75, 3.05) is 0 Å². The summed E-state index contributed by atoms with van der Waals surface area (Å²) in [6, 6.07) is 15.1. The van der Waals surface area contributed by atoms with E-state index in [2.05, 4.69) is 11.1 Å². The number of aromatic carboxylic acids is 1. The van der Waals surface area contributed by atoms with Gasteiger partial charge in [-0.2, -0.15) is 0 Å². The summed E-state index contributed by atoms with van der Waals surface area (Å²) in [6.45, 7) is 0. The molecule has 0 aliphatic carbocycles. The van der Waals surface area contributed by atoms with Gasteiger partial charge in [0.05, 0.1) is 15.8 Å². The molecule has 1 N–H and O–H groups in total. The lowest BCUT2D eigenvalue weighted by molar-refractivity contribution is 0.0697. The Hall–Kier alpha value is -1.85. The molecule has 0 spiro atoms. The number of aromatic nitrogens is 1. The van der Waals surface area contributed by atoms with Gasteiger partial charge in [0, 0.05) is 5.75 Å². The van der Waals surface area contributed by atoms with Crippen LogP contribution in [0.3, 0.4) is 0 Å². The fourth-order valence-electron chi connectivity index (χ4n) is 1.80. The number of thiazole rings is 1.